The molecule has 1 atom stereocenters. The van der Waals surface area contributed by atoms with Gasteiger partial charge < -0.3 is 10.2 Å². The van der Waals surface area contributed by atoms with Gasteiger partial charge in [0.15, 0.2) is 11.6 Å². The summed E-state index contributed by atoms with van der Waals surface area (Å²) in [6.07, 6.45) is 6.80. The fraction of sp³-hybridized carbons (Fsp3) is 0.714. The Morgan fingerprint density at radius 3 is 2.84 bits per heavy atom. The van der Waals surface area contributed by atoms with Crippen LogP contribution in [0.1, 0.15) is 38.3 Å². The highest BCUT2D eigenvalue weighted by atomic mass is 19.1. The summed E-state index contributed by atoms with van der Waals surface area (Å²) in [6, 6.07) is 0.941. The van der Waals surface area contributed by atoms with E-state index in [2.05, 4.69) is 20.2 Å². The van der Waals surface area contributed by atoms with Crippen LogP contribution in [0.25, 0.3) is 0 Å². The molecule has 104 valence electrons. The Kier molecular flexibility index (Phi) is 3.64. The fourth-order valence-electron chi connectivity index (χ4n) is 2.79. The van der Waals surface area contributed by atoms with Crippen LogP contribution in [0.2, 0.25) is 0 Å². The van der Waals surface area contributed by atoms with Crippen molar-refractivity contribution in [2.24, 2.45) is 0 Å². The second-order valence-electron chi connectivity index (χ2n) is 5.49. The molecule has 1 N–H and O–H groups in total. The third-order valence-electron chi connectivity index (χ3n) is 4.02. The number of rotatable bonds is 5. The first-order chi connectivity index (χ1) is 9.29. The molecule has 2 fully saturated rings. The van der Waals surface area contributed by atoms with E-state index in [4.69, 9.17) is 0 Å². The molecule has 0 radical (unpaired) electrons. The van der Waals surface area contributed by atoms with Gasteiger partial charge in [-0.15, -0.1) is 0 Å². The van der Waals surface area contributed by atoms with Crippen molar-refractivity contribution in [1.29, 1.82) is 0 Å². The monoisotopic (exact) mass is 264 g/mol. The van der Waals surface area contributed by atoms with Crippen molar-refractivity contribution in [2.75, 3.05) is 18.0 Å². The Labute approximate surface area is 113 Å². The van der Waals surface area contributed by atoms with Crippen LogP contribution in [0.4, 0.5) is 10.2 Å². The average Bonchev–Trinajstić information content (AvgIpc) is 3.14. The van der Waals surface area contributed by atoms with Gasteiger partial charge in [0, 0.05) is 18.6 Å². The molecule has 1 saturated carbocycles. The maximum Gasteiger partial charge on any atom is 0.187 e. The average molecular weight is 264 g/mol. The summed E-state index contributed by atoms with van der Waals surface area (Å²) in [5.41, 5.74) is 0.523. The maximum atomic E-state index is 14.4. The zero-order valence-electron chi connectivity index (χ0n) is 11.4. The summed E-state index contributed by atoms with van der Waals surface area (Å²) in [7, 11) is 0. The predicted molar refractivity (Wildman–Crippen MR) is 72.8 cm³/mol. The van der Waals surface area contributed by atoms with Crippen molar-refractivity contribution in [3.05, 3.63) is 17.8 Å². The molecule has 1 saturated heterocycles. The van der Waals surface area contributed by atoms with Crippen LogP contribution in [-0.2, 0) is 6.42 Å². The first-order valence-electron chi connectivity index (χ1n) is 7.29. The Morgan fingerprint density at radius 1 is 1.37 bits per heavy atom. The third-order valence-corrected chi connectivity index (χ3v) is 4.02. The molecule has 0 amide bonds. The number of hydrogen-bond acceptors (Lipinski definition) is 4. The van der Waals surface area contributed by atoms with Crippen LogP contribution in [0.5, 0.6) is 0 Å². The third kappa shape index (κ3) is 2.71. The van der Waals surface area contributed by atoms with Crippen LogP contribution in [0.3, 0.4) is 0 Å². The number of halogens is 1. The highest BCUT2D eigenvalue weighted by Crippen LogP contribution is 2.33. The van der Waals surface area contributed by atoms with Gasteiger partial charge in [0.1, 0.15) is 6.33 Å². The normalized spacial score (nSPS) is 22.7. The summed E-state index contributed by atoms with van der Waals surface area (Å²) < 4.78 is 14.4. The van der Waals surface area contributed by atoms with Crippen LogP contribution >= 0.6 is 0 Å². The van der Waals surface area contributed by atoms with Gasteiger partial charge in [-0.2, -0.15) is 0 Å². The van der Waals surface area contributed by atoms with E-state index >= 15 is 0 Å². The van der Waals surface area contributed by atoms with Crippen molar-refractivity contribution in [3.8, 4) is 0 Å². The minimum Gasteiger partial charge on any atom is -0.350 e. The molecular formula is C14H21FN4. The van der Waals surface area contributed by atoms with Crippen molar-refractivity contribution >= 4 is 5.82 Å². The summed E-state index contributed by atoms with van der Waals surface area (Å²) in [5.74, 6) is 0.276. The Morgan fingerprint density at radius 2 is 2.21 bits per heavy atom. The van der Waals surface area contributed by atoms with Gasteiger partial charge in [-0.25, -0.2) is 14.4 Å². The smallest absolute Gasteiger partial charge is 0.187 e. The molecule has 1 aliphatic carbocycles. The first kappa shape index (κ1) is 12.8. The Bertz CT molecular complexity index is 441. The zero-order chi connectivity index (χ0) is 13.2. The Hall–Kier alpha value is -1.23. The number of aromatic nitrogens is 2. The van der Waals surface area contributed by atoms with Gasteiger partial charge >= 0.3 is 0 Å². The van der Waals surface area contributed by atoms with E-state index in [1.807, 2.05) is 6.92 Å². The van der Waals surface area contributed by atoms with E-state index in [9.17, 15) is 4.39 Å². The standard InChI is InChI=1S/C14H21FN4/c1-2-12-13(15)14(18-9-17-12)19(11-5-6-11)8-10-4-3-7-16-10/h9-11,16H,2-8H2,1H3. The van der Waals surface area contributed by atoms with Crippen molar-refractivity contribution in [1.82, 2.24) is 15.3 Å². The molecule has 3 rings (SSSR count). The molecule has 0 spiro atoms. The molecule has 0 bridgehead atoms. The predicted octanol–water partition coefficient (Wildman–Crippen LogP) is 1.90. The highest BCUT2D eigenvalue weighted by Gasteiger charge is 2.34. The molecule has 1 aliphatic heterocycles. The number of nitrogens with one attached hydrogen (secondary N) is 1. The minimum atomic E-state index is -0.227. The van der Waals surface area contributed by atoms with Crippen molar-refractivity contribution in [2.45, 2.75) is 51.1 Å². The number of anilines is 1. The summed E-state index contributed by atoms with van der Waals surface area (Å²) in [4.78, 5) is 10.4. The molecular weight excluding hydrogens is 243 g/mol. The van der Waals surface area contributed by atoms with Crippen LogP contribution in [0.15, 0.2) is 6.33 Å². The lowest BCUT2D eigenvalue weighted by Crippen LogP contribution is -2.40. The zero-order valence-corrected chi connectivity index (χ0v) is 11.4. The second kappa shape index (κ2) is 5.41. The highest BCUT2D eigenvalue weighted by molar-refractivity contribution is 5.44. The van der Waals surface area contributed by atoms with Gasteiger partial charge in [-0.05, 0) is 38.6 Å². The molecule has 1 aromatic heterocycles. The number of aryl methyl sites for hydroxylation is 1. The number of hydrogen-bond donors (Lipinski definition) is 1. The van der Waals surface area contributed by atoms with Gasteiger partial charge in [0.25, 0.3) is 0 Å². The SMILES string of the molecule is CCc1ncnc(N(CC2CCCN2)C2CC2)c1F. The molecule has 4 nitrogen and oxygen atoms in total. The molecule has 19 heavy (non-hydrogen) atoms. The van der Waals surface area contributed by atoms with Crippen LogP contribution < -0.4 is 10.2 Å². The van der Waals surface area contributed by atoms with E-state index in [1.165, 1.54) is 19.2 Å². The molecule has 1 aromatic rings. The van der Waals surface area contributed by atoms with E-state index in [0.29, 0.717) is 30.0 Å². The molecule has 2 heterocycles. The van der Waals surface area contributed by atoms with Gasteiger partial charge in [-0.3, -0.25) is 0 Å². The van der Waals surface area contributed by atoms with Crippen LogP contribution in [-0.4, -0.2) is 35.1 Å². The van der Waals surface area contributed by atoms with E-state index < -0.39 is 0 Å². The van der Waals surface area contributed by atoms with Crippen molar-refractivity contribution in [3.63, 3.8) is 0 Å². The van der Waals surface area contributed by atoms with Gasteiger partial charge in [0.05, 0.1) is 5.69 Å². The largest absolute Gasteiger partial charge is 0.350 e. The minimum absolute atomic E-state index is 0.227. The summed E-state index contributed by atoms with van der Waals surface area (Å²) in [6.45, 7) is 3.87. The molecule has 0 aromatic carbocycles. The Balaban J connectivity index is 1.82. The molecule has 1 unspecified atom stereocenters. The first-order valence-corrected chi connectivity index (χ1v) is 7.29. The quantitative estimate of drug-likeness (QED) is 0.882. The van der Waals surface area contributed by atoms with E-state index in [1.54, 1.807) is 0 Å². The number of nitrogens with zero attached hydrogens (tertiary/aromatic N) is 3. The van der Waals surface area contributed by atoms with E-state index in [0.717, 1.165) is 25.9 Å². The topological polar surface area (TPSA) is 41.1 Å². The van der Waals surface area contributed by atoms with Crippen molar-refractivity contribution < 1.29 is 4.39 Å². The lowest BCUT2D eigenvalue weighted by atomic mass is 10.2. The van der Waals surface area contributed by atoms with E-state index in [-0.39, 0.29) is 5.82 Å². The lowest BCUT2D eigenvalue weighted by molar-refractivity contribution is 0.546. The molecule has 5 heteroatoms. The summed E-state index contributed by atoms with van der Waals surface area (Å²) >= 11 is 0. The van der Waals surface area contributed by atoms with Gasteiger partial charge in [0.2, 0.25) is 0 Å². The fourth-order valence-corrected chi connectivity index (χ4v) is 2.79. The van der Waals surface area contributed by atoms with Gasteiger partial charge in [-0.1, -0.05) is 6.92 Å². The van der Waals surface area contributed by atoms with Crippen LogP contribution in [0, 0.1) is 5.82 Å². The maximum absolute atomic E-state index is 14.4. The lowest BCUT2D eigenvalue weighted by Gasteiger charge is -2.27. The second-order valence-corrected chi connectivity index (χ2v) is 5.49. The molecule has 2 aliphatic rings. The summed E-state index contributed by atoms with van der Waals surface area (Å²) in [5, 5.41) is 3.48.